The lowest BCUT2D eigenvalue weighted by atomic mass is 10.0. The zero-order valence-corrected chi connectivity index (χ0v) is 17.2. The Kier molecular flexibility index (Phi) is 6.36. The molecule has 1 fully saturated rings. The highest BCUT2D eigenvalue weighted by Crippen LogP contribution is 2.23. The predicted octanol–water partition coefficient (Wildman–Crippen LogP) is 3.18. The van der Waals surface area contributed by atoms with E-state index in [9.17, 15) is 13.2 Å². The van der Waals surface area contributed by atoms with Gasteiger partial charge in [0.15, 0.2) is 0 Å². The standard InChI is InChI=1S/C21H27N3O3S/c1-17-8-7-13-24(15-17)16-21(25)22-18-9-6-12-20(14-18)28(26,27)23(2)19-10-4-3-5-11-19/h3-6,9-12,14,17H,7-8,13,15-16H2,1-2H3,(H,22,25)/t17-/m1/s1. The van der Waals surface area contributed by atoms with Crippen molar-refractivity contribution in [3.05, 3.63) is 54.6 Å². The van der Waals surface area contributed by atoms with Crippen LogP contribution in [-0.2, 0) is 14.8 Å². The van der Waals surface area contributed by atoms with Crippen molar-refractivity contribution >= 4 is 27.3 Å². The minimum absolute atomic E-state index is 0.125. The number of hydrogen-bond acceptors (Lipinski definition) is 4. The average Bonchev–Trinajstić information content (AvgIpc) is 2.68. The molecular weight excluding hydrogens is 374 g/mol. The van der Waals surface area contributed by atoms with Gasteiger partial charge in [-0.1, -0.05) is 31.2 Å². The fourth-order valence-electron chi connectivity index (χ4n) is 3.50. The van der Waals surface area contributed by atoms with Gasteiger partial charge in [-0.05, 0) is 55.6 Å². The second-order valence-corrected chi connectivity index (χ2v) is 9.34. The first kappa shape index (κ1) is 20.4. The van der Waals surface area contributed by atoms with Gasteiger partial charge in [0.2, 0.25) is 5.91 Å². The van der Waals surface area contributed by atoms with Crippen LogP contribution in [0.3, 0.4) is 0 Å². The Hall–Kier alpha value is -2.38. The number of nitrogens with one attached hydrogen (secondary N) is 1. The van der Waals surface area contributed by atoms with Gasteiger partial charge < -0.3 is 5.32 Å². The van der Waals surface area contributed by atoms with Crippen LogP contribution in [0.15, 0.2) is 59.5 Å². The second kappa shape index (κ2) is 8.75. The van der Waals surface area contributed by atoms with E-state index in [2.05, 4.69) is 17.1 Å². The summed E-state index contributed by atoms with van der Waals surface area (Å²) in [6, 6.07) is 15.3. The maximum Gasteiger partial charge on any atom is 0.264 e. The zero-order chi connectivity index (χ0) is 20.1. The number of carbonyl (C=O) groups is 1. The molecule has 0 radical (unpaired) electrons. The summed E-state index contributed by atoms with van der Waals surface area (Å²) in [5.41, 5.74) is 1.06. The van der Waals surface area contributed by atoms with E-state index in [1.54, 1.807) is 36.4 Å². The first-order chi connectivity index (χ1) is 13.4. The lowest BCUT2D eigenvalue weighted by molar-refractivity contribution is -0.117. The number of para-hydroxylation sites is 1. The number of benzene rings is 2. The number of rotatable bonds is 6. The Bertz CT molecular complexity index is 916. The van der Waals surface area contributed by atoms with Gasteiger partial charge in [-0.2, -0.15) is 0 Å². The summed E-state index contributed by atoms with van der Waals surface area (Å²) in [6.07, 6.45) is 2.31. The number of anilines is 2. The summed E-state index contributed by atoms with van der Waals surface area (Å²) in [5.74, 6) is 0.476. The summed E-state index contributed by atoms with van der Waals surface area (Å²) in [7, 11) is -2.19. The van der Waals surface area contributed by atoms with Gasteiger partial charge >= 0.3 is 0 Å². The molecule has 1 N–H and O–H groups in total. The third kappa shape index (κ3) is 4.91. The monoisotopic (exact) mass is 401 g/mol. The van der Waals surface area contributed by atoms with Crippen LogP contribution in [0.2, 0.25) is 0 Å². The summed E-state index contributed by atoms with van der Waals surface area (Å²) >= 11 is 0. The smallest absolute Gasteiger partial charge is 0.264 e. The molecule has 0 aromatic heterocycles. The van der Waals surface area contributed by atoms with Gasteiger partial charge in [0.05, 0.1) is 17.1 Å². The Balaban J connectivity index is 1.70. The zero-order valence-electron chi connectivity index (χ0n) is 16.3. The Morgan fingerprint density at radius 1 is 1.18 bits per heavy atom. The number of amides is 1. The quantitative estimate of drug-likeness (QED) is 0.807. The average molecular weight is 402 g/mol. The fourth-order valence-corrected chi connectivity index (χ4v) is 4.74. The highest BCUT2D eigenvalue weighted by Gasteiger charge is 2.22. The van der Waals surface area contributed by atoms with E-state index in [-0.39, 0.29) is 10.8 Å². The SMILES string of the molecule is C[C@@H]1CCCN(CC(=O)Nc2cccc(S(=O)(=O)N(C)c3ccccc3)c2)C1. The van der Waals surface area contributed by atoms with E-state index in [0.717, 1.165) is 19.5 Å². The Morgan fingerprint density at radius 3 is 2.64 bits per heavy atom. The maximum absolute atomic E-state index is 12.9. The van der Waals surface area contributed by atoms with Gasteiger partial charge in [0, 0.05) is 19.3 Å². The molecule has 2 aromatic rings. The number of likely N-dealkylation sites (tertiary alicyclic amines) is 1. The van der Waals surface area contributed by atoms with Crippen molar-refractivity contribution in [3.8, 4) is 0 Å². The topological polar surface area (TPSA) is 69.7 Å². The van der Waals surface area contributed by atoms with Crippen molar-refractivity contribution in [3.63, 3.8) is 0 Å². The number of nitrogens with zero attached hydrogens (tertiary/aromatic N) is 2. The van der Waals surface area contributed by atoms with Gasteiger partial charge in [-0.3, -0.25) is 14.0 Å². The van der Waals surface area contributed by atoms with Crippen molar-refractivity contribution in [2.75, 3.05) is 36.3 Å². The Morgan fingerprint density at radius 2 is 1.93 bits per heavy atom. The first-order valence-corrected chi connectivity index (χ1v) is 11.0. The van der Waals surface area contributed by atoms with Crippen molar-refractivity contribution in [2.45, 2.75) is 24.7 Å². The second-order valence-electron chi connectivity index (χ2n) is 7.37. The summed E-state index contributed by atoms with van der Waals surface area (Å²) in [5, 5.41) is 2.83. The molecule has 0 spiro atoms. The van der Waals surface area contributed by atoms with Gasteiger partial charge in [0.1, 0.15) is 0 Å². The van der Waals surface area contributed by atoms with E-state index in [0.29, 0.717) is 23.8 Å². The molecule has 0 aliphatic carbocycles. The highest BCUT2D eigenvalue weighted by atomic mass is 32.2. The highest BCUT2D eigenvalue weighted by molar-refractivity contribution is 7.92. The van der Waals surface area contributed by atoms with Crippen LogP contribution in [0.25, 0.3) is 0 Å². The van der Waals surface area contributed by atoms with Crippen molar-refractivity contribution in [2.24, 2.45) is 5.92 Å². The molecule has 1 aliphatic rings. The van der Waals surface area contributed by atoms with Crippen LogP contribution >= 0.6 is 0 Å². The number of piperidine rings is 1. The van der Waals surface area contributed by atoms with Crippen LogP contribution in [0.5, 0.6) is 0 Å². The van der Waals surface area contributed by atoms with Crippen molar-refractivity contribution < 1.29 is 13.2 Å². The molecule has 1 saturated heterocycles. The molecule has 2 aromatic carbocycles. The number of hydrogen-bond donors (Lipinski definition) is 1. The van der Waals surface area contributed by atoms with Crippen LogP contribution in [-0.4, -0.2) is 45.9 Å². The molecule has 1 atom stereocenters. The number of carbonyl (C=O) groups excluding carboxylic acids is 1. The maximum atomic E-state index is 12.9. The third-order valence-electron chi connectivity index (χ3n) is 5.00. The van der Waals surface area contributed by atoms with E-state index in [1.807, 2.05) is 6.07 Å². The molecule has 7 heteroatoms. The minimum Gasteiger partial charge on any atom is -0.325 e. The molecule has 150 valence electrons. The lowest BCUT2D eigenvalue weighted by Gasteiger charge is -2.30. The molecule has 1 heterocycles. The molecule has 0 bridgehead atoms. The van der Waals surface area contributed by atoms with Gasteiger partial charge in [-0.15, -0.1) is 0 Å². The van der Waals surface area contributed by atoms with Crippen molar-refractivity contribution in [1.82, 2.24) is 4.90 Å². The summed E-state index contributed by atoms with van der Waals surface area (Å²) in [6.45, 7) is 4.37. The Labute approximate surface area is 167 Å². The normalized spacial score (nSPS) is 17.9. The van der Waals surface area contributed by atoms with Crippen LogP contribution < -0.4 is 9.62 Å². The largest absolute Gasteiger partial charge is 0.325 e. The molecular formula is C21H27N3O3S. The van der Waals surface area contributed by atoms with Crippen LogP contribution in [0, 0.1) is 5.92 Å². The minimum atomic E-state index is -3.71. The molecule has 3 rings (SSSR count). The van der Waals surface area contributed by atoms with E-state index in [4.69, 9.17) is 0 Å². The molecule has 1 amide bonds. The summed E-state index contributed by atoms with van der Waals surface area (Å²) < 4.78 is 27.1. The van der Waals surface area contributed by atoms with Crippen molar-refractivity contribution in [1.29, 1.82) is 0 Å². The van der Waals surface area contributed by atoms with E-state index >= 15 is 0 Å². The van der Waals surface area contributed by atoms with Crippen LogP contribution in [0.4, 0.5) is 11.4 Å². The molecule has 0 saturated carbocycles. The molecule has 6 nitrogen and oxygen atoms in total. The molecule has 28 heavy (non-hydrogen) atoms. The van der Waals surface area contributed by atoms with E-state index in [1.165, 1.54) is 29.9 Å². The third-order valence-corrected chi connectivity index (χ3v) is 6.79. The van der Waals surface area contributed by atoms with Gasteiger partial charge in [-0.25, -0.2) is 8.42 Å². The van der Waals surface area contributed by atoms with Crippen LogP contribution in [0.1, 0.15) is 19.8 Å². The van der Waals surface area contributed by atoms with E-state index < -0.39 is 10.0 Å². The fraction of sp³-hybridized carbons (Fsp3) is 0.381. The lowest BCUT2D eigenvalue weighted by Crippen LogP contribution is -2.39. The predicted molar refractivity (Wildman–Crippen MR) is 112 cm³/mol. The number of sulfonamides is 1. The molecule has 0 unspecified atom stereocenters. The summed E-state index contributed by atoms with van der Waals surface area (Å²) in [4.78, 5) is 14.7. The first-order valence-electron chi connectivity index (χ1n) is 9.52. The van der Waals surface area contributed by atoms with Gasteiger partial charge in [0.25, 0.3) is 10.0 Å². The molecule has 1 aliphatic heterocycles.